The molecule has 5 nitrogen and oxygen atoms in total. The molecule has 2 aromatic rings. The number of benzene rings is 2. The topological polar surface area (TPSA) is 58.6 Å². The van der Waals surface area contributed by atoms with Crippen LogP contribution in [-0.4, -0.2) is 24.5 Å². The predicted molar refractivity (Wildman–Crippen MR) is 105 cm³/mol. The van der Waals surface area contributed by atoms with Crippen LogP contribution in [0.4, 0.5) is 11.4 Å². The Morgan fingerprint density at radius 1 is 1.04 bits per heavy atom. The molecule has 0 heterocycles. The van der Waals surface area contributed by atoms with Gasteiger partial charge < -0.3 is 15.0 Å². The molecule has 0 fully saturated rings. The summed E-state index contributed by atoms with van der Waals surface area (Å²) in [7, 11) is 0. The summed E-state index contributed by atoms with van der Waals surface area (Å²) >= 11 is 0. The fraction of sp³-hybridized carbons (Fsp3) is 0.333. The molecule has 0 atom stereocenters. The Labute approximate surface area is 155 Å². The molecule has 0 aliphatic carbocycles. The SMILES string of the molecule is CC(=O)N(CC(=O)Nc1c(C)cccc1C)c1ccc(OC(C)C)cc1. The van der Waals surface area contributed by atoms with E-state index in [1.807, 2.05) is 45.9 Å². The summed E-state index contributed by atoms with van der Waals surface area (Å²) in [6.45, 7) is 9.19. The Hall–Kier alpha value is -2.82. The Morgan fingerprint density at radius 3 is 2.12 bits per heavy atom. The van der Waals surface area contributed by atoms with Crippen LogP contribution >= 0.6 is 0 Å². The van der Waals surface area contributed by atoms with Gasteiger partial charge in [0.1, 0.15) is 12.3 Å². The molecule has 0 saturated carbocycles. The van der Waals surface area contributed by atoms with Crippen LogP contribution in [0.2, 0.25) is 0 Å². The number of hydrogen-bond donors (Lipinski definition) is 1. The normalized spacial score (nSPS) is 10.5. The zero-order valence-corrected chi connectivity index (χ0v) is 16.0. The quantitative estimate of drug-likeness (QED) is 0.850. The number of nitrogens with zero attached hydrogens (tertiary/aromatic N) is 1. The Kier molecular flexibility index (Phi) is 6.39. The van der Waals surface area contributed by atoms with E-state index in [2.05, 4.69) is 5.32 Å². The van der Waals surface area contributed by atoms with Gasteiger partial charge in [0.25, 0.3) is 0 Å². The van der Waals surface area contributed by atoms with E-state index in [1.54, 1.807) is 24.3 Å². The third-order valence-corrected chi connectivity index (χ3v) is 3.95. The highest BCUT2D eigenvalue weighted by molar-refractivity contribution is 6.02. The summed E-state index contributed by atoms with van der Waals surface area (Å²) in [5.41, 5.74) is 3.43. The minimum absolute atomic E-state index is 0.0481. The molecule has 0 unspecified atom stereocenters. The molecule has 0 aromatic heterocycles. The maximum Gasteiger partial charge on any atom is 0.244 e. The van der Waals surface area contributed by atoms with E-state index in [0.29, 0.717) is 5.69 Å². The summed E-state index contributed by atoms with van der Waals surface area (Å²) < 4.78 is 5.61. The van der Waals surface area contributed by atoms with Crippen molar-refractivity contribution >= 4 is 23.2 Å². The van der Waals surface area contributed by atoms with Gasteiger partial charge in [-0.05, 0) is 63.1 Å². The van der Waals surface area contributed by atoms with Gasteiger partial charge in [-0.15, -0.1) is 0 Å². The number of anilines is 2. The van der Waals surface area contributed by atoms with E-state index in [1.165, 1.54) is 11.8 Å². The van der Waals surface area contributed by atoms with Crippen LogP contribution in [0.3, 0.4) is 0 Å². The van der Waals surface area contributed by atoms with E-state index in [0.717, 1.165) is 22.6 Å². The number of carbonyl (C=O) groups excluding carboxylic acids is 2. The van der Waals surface area contributed by atoms with Crippen molar-refractivity contribution in [1.82, 2.24) is 0 Å². The van der Waals surface area contributed by atoms with Crippen molar-refractivity contribution in [1.29, 1.82) is 0 Å². The molecule has 0 aliphatic rings. The number of hydrogen-bond acceptors (Lipinski definition) is 3. The number of rotatable bonds is 6. The minimum atomic E-state index is -0.236. The molecule has 0 radical (unpaired) electrons. The third kappa shape index (κ3) is 5.09. The second-order valence-electron chi connectivity index (χ2n) is 6.58. The number of amides is 2. The lowest BCUT2D eigenvalue weighted by atomic mass is 10.1. The first-order valence-corrected chi connectivity index (χ1v) is 8.69. The standard InChI is InChI=1S/C21H26N2O3/c1-14(2)26-19-11-9-18(10-12-19)23(17(5)24)13-20(25)22-21-15(3)7-6-8-16(21)4/h6-12,14H,13H2,1-5H3,(H,22,25). The Balaban J connectivity index is 2.12. The average molecular weight is 354 g/mol. The van der Waals surface area contributed by atoms with E-state index in [-0.39, 0.29) is 24.5 Å². The van der Waals surface area contributed by atoms with Gasteiger partial charge in [-0.2, -0.15) is 0 Å². The third-order valence-electron chi connectivity index (χ3n) is 3.95. The van der Waals surface area contributed by atoms with E-state index in [9.17, 15) is 9.59 Å². The van der Waals surface area contributed by atoms with Crippen LogP contribution in [0.15, 0.2) is 42.5 Å². The highest BCUT2D eigenvalue weighted by Gasteiger charge is 2.17. The minimum Gasteiger partial charge on any atom is -0.491 e. The van der Waals surface area contributed by atoms with Crippen LogP contribution in [0.25, 0.3) is 0 Å². The average Bonchev–Trinajstić information content (AvgIpc) is 2.56. The van der Waals surface area contributed by atoms with Gasteiger partial charge in [0.05, 0.1) is 6.10 Å². The molecule has 0 bridgehead atoms. The first-order valence-electron chi connectivity index (χ1n) is 8.69. The molecule has 2 amide bonds. The van der Waals surface area contributed by atoms with Crippen molar-refractivity contribution in [2.24, 2.45) is 0 Å². The van der Waals surface area contributed by atoms with Crippen molar-refractivity contribution in [3.8, 4) is 5.75 Å². The van der Waals surface area contributed by atoms with Crippen LogP contribution in [0.5, 0.6) is 5.75 Å². The number of ether oxygens (including phenoxy) is 1. The molecule has 2 aromatic carbocycles. The number of para-hydroxylation sites is 1. The fourth-order valence-corrected chi connectivity index (χ4v) is 2.70. The largest absolute Gasteiger partial charge is 0.491 e. The summed E-state index contributed by atoms with van der Waals surface area (Å²) in [6, 6.07) is 13.0. The monoisotopic (exact) mass is 354 g/mol. The molecule has 0 aliphatic heterocycles. The summed E-state index contributed by atoms with van der Waals surface area (Å²) in [4.78, 5) is 26.0. The number of nitrogens with one attached hydrogen (secondary N) is 1. The molecule has 26 heavy (non-hydrogen) atoms. The highest BCUT2D eigenvalue weighted by Crippen LogP contribution is 2.22. The molecule has 0 spiro atoms. The molecule has 2 rings (SSSR count). The summed E-state index contributed by atoms with van der Waals surface area (Å²) in [5, 5.41) is 2.91. The maximum absolute atomic E-state index is 12.5. The first-order chi connectivity index (χ1) is 12.3. The second kappa shape index (κ2) is 8.52. The van der Waals surface area contributed by atoms with Crippen molar-refractivity contribution in [3.63, 3.8) is 0 Å². The summed E-state index contributed by atoms with van der Waals surface area (Å²) in [6.07, 6.45) is 0.0767. The van der Waals surface area contributed by atoms with Crippen LogP contribution in [0.1, 0.15) is 31.9 Å². The lowest BCUT2D eigenvalue weighted by molar-refractivity contribution is -0.120. The van der Waals surface area contributed by atoms with Crippen molar-refractivity contribution in [2.75, 3.05) is 16.8 Å². The van der Waals surface area contributed by atoms with Gasteiger partial charge >= 0.3 is 0 Å². The van der Waals surface area contributed by atoms with Gasteiger partial charge in [0.2, 0.25) is 11.8 Å². The fourth-order valence-electron chi connectivity index (χ4n) is 2.70. The number of aryl methyl sites for hydroxylation is 2. The first kappa shape index (κ1) is 19.5. The lowest BCUT2D eigenvalue weighted by Crippen LogP contribution is -2.36. The van der Waals surface area contributed by atoms with E-state index in [4.69, 9.17) is 4.74 Å². The smallest absolute Gasteiger partial charge is 0.244 e. The van der Waals surface area contributed by atoms with Crippen LogP contribution < -0.4 is 15.0 Å². The van der Waals surface area contributed by atoms with Crippen molar-refractivity contribution in [2.45, 2.75) is 40.7 Å². The summed E-state index contributed by atoms with van der Waals surface area (Å²) in [5.74, 6) is 0.298. The van der Waals surface area contributed by atoms with Gasteiger partial charge in [-0.1, -0.05) is 18.2 Å². The molecule has 0 saturated heterocycles. The predicted octanol–water partition coefficient (Wildman–Crippen LogP) is 4.08. The Morgan fingerprint density at radius 2 is 1.62 bits per heavy atom. The zero-order chi connectivity index (χ0) is 19.3. The van der Waals surface area contributed by atoms with Gasteiger partial charge in [-0.25, -0.2) is 0 Å². The van der Waals surface area contributed by atoms with Crippen LogP contribution in [0, 0.1) is 13.8 Å². The van der Waals surface area contributed by atoms with Crippen LogP contribution in [-0.2, 0) is 9.59 Å². The second-order valence-corrected chi connectivity index (χ2v) is 6.58. The molecular weight excluding hydrogens is 328 g/mol. The Bertz CT molecular complexity index is 762. The molecular formula is C21H26N2O3. The lowest BCUT2D eigenvalue weighted by Gasteiger charge is -2.22. The maximum atomic E-state index is 12.5. The van der Waals surface area contributed by atoms with Gasteiger partial charge in [0.15, 0.2) is 0 Å². The van der Waals surface area contributed by atoms with E-state index >= 15 is 0 Å². The zero-order valence-electron chi connectivity index (χ0n) is 16.0. The van der Waals surface area contributed by atoms with Crippen molar-refractivity contribution < 1.29 is 14.3 Å². The van der Waals surface area contributed by atoms with Gasteiger partial charge in [-0.3, -0.25) is 9.59 Å². The molecule has 1 N–H and O–H groups in total. The number of carbonyl (C=O) groups is 2. The van der Waals surface area contributed by atoms with Crippen molar-refractivity contribution in [3.05, 3.63) is 53.6 Å². The highest BCUT2D eigenvalue weighted by atomic mass is 16.5. The molecule has 5 heteroatoms. The van der Waals surface area contributed by atoms with E-state index < -0.39 is 0 Å². The molecule has 138 valence electrons. The van der Waals surface area contributed by atoms with Gasteiger partial charge in [0, 0.05) is 18.3 Å².